The van der Waals surface area contributed by atoms with Crippen LogP contribution in [0.15, 0.2) is 18.2 Å². The number of methoxy groups -OCH3 is 1. The SMILES string of the molecule is COc1ccc(O)c(CN2CCN(CC(C)C)[C@@H](CCO)C2)c1. The fourth-order valence-electron chi connectivity index (χ4n) is 3.29. The first-order chi connectivity index (χ1) is 11.0. The van der Waals surface area contributed by atoms with Gasteiger partial charge < -0.3 is 14.9 Å². The van der Waals surface area contributed by atoms with Crippen molar-refractivity contribution in [3.63, 3.8) is 0 Å². The molecule has 2 rings (SSSR count). The van der Waals surface area contributed by atoms with Gasteiger partial charge >= 0.3 is 0 Å². The van der Waals surface area contributed by atoms with Gasteiger partial charge in [-0.3, -0.25) is 9.80 Å². The van der Waals surface area contributed by atoms with Gasteiger partial charge in [0.15, 0.2) is 0 Å². The second-order valence-corrected chi connectivity index (χ2v) is 6.78. The van der Waals surface area contributed by atoms with Gasteiger partial charge in [-0.05, 0) is 30.5 Å². The fraction of sp³-hybridized carbons (Fsp3) is 0.667. The summed E-state index contributed by atoms with van der Waals surface area (Å²) in [4.78, 5) is 4.84. The molecule has 0 aromatic heterocycles. The highest BCUT2D eigenvalue weighted by Crippen LogP contribution is 2.25. The Morgan fingerprint density at radius 2 is 2.09 bits per heavy atom. The summed E-state index contributed by atoms with van der Waals surface area (Å²) in [5, 5.41) is 19.4. The maximum atomic E-state index is 10.1. The number of piperazine rings is 1. The molecule has 5 heteroatoms. The first kappa shape index (κ1) is 18.0. The molecule has 0 amide bonds. The number of nitrogens with zero attached hydrogens (tertiary/aromatic N) is 2. The minimum Gasteiger partial charge on any atom is -0.508 e. The van der Waals surface area contributed by atoms with E-state index in [1.807, 2.05) is 6.07 Å². The van der Waals surface area contributed by atoms with E-state index in [4.69, 9.17) is 4.74 Å². The van der Waals surface area contributed by atoms with Gasteiger partial charge in [0.1, 0.15) is 11.5 Å². The van der Waals surface area contributed by atoms with Crippen LogP contribution < -0.4 is 4.74 Å². The number of hydrogen-bond donors (Lipinski definition) is 2. The van der Waals surface area contributed by atoms with Gasteiger partial charge in [0.05, 0.1) is 7.11 Å². The van der Waals surface area contributed by atoms with E-state index < -0.39 is 0 Å². The third kappa shape index (κ3) is 5.09. The monoisotopic (exact) mass is 322 g/mol. The summed E-state index contributed by atoms with van der Waals surface area (Å²) in [6.45, 7) is 9.37. The summed E-state index contributed by atoms with van der Waals surface area (Å²) in [5.41, 5.74) is 0.893. The molecule has 2 N–H and O–H groups in total. The Kier molecular flexibility index (Phi) is 6.69. The van der Waals surface area contributed by atoms with E-state index in [-0.39, 0.29) is 6.61 Å². The second kappa shape index (κ2) is 8.52. The van der Waals surface area contributed by atoms with Crippen LogP contribution in [0.4, 0.5) is 0 Å². The molecule has 1 aromatic carbocycles. The third-order valence-electron chi connectivity index (χ3n) is 4.43. The van der Waals surface area contributed by atoms with Gasteiger partial charge in [0.2, 0.25) is 0 Å². The highest BCUT2D eigenvalue weighted by Gasteiger charge is 2.27. The number of aliphatic hydroxyl groups excluding tert-OH is 1. The third-order valence-corrected chi connectivity index (χ3v) is 4.43. The molecular formula is C18H30N2O3. The van der Waals surface area contributed by atoms with Crippen molar-refractivity contribution in [1.29, 1.82) is 0 Å². The lowest BCUT2D eigenvalue weighted by Crippen LogP contribution is -2.53. The van der Waals surface area contributed by atoms with Crippen LogP contribution in [0.3, 0.4) is 0 Å². The molecule has 1 heterocycles. The summed E-state index contributed by atoms with van der Waals surface area (Å²) in [5.74, 6) is 1.71. The van der Waals surface area contributed by atoms with Crippen LogP contribution in [-0.2, 0) is 6.54 Å². The molecule has 1 atom stereocenters. The lowest BCUT2D eigenvalue weighted by atomic mass is 10.0. The van der Waals surface area contributed by atoms with E-state index in [0.717, 1.165) is 43.9 Å². The number of phenolic OH excluding ortho intramolecular Hbond substituents is 1. The molecule has 0 saturated carbocycles. The number of rotatable bonds is 7. The van der Waals surface area contributed by atoms with Crippen molar-refractivity contribution in [3.8, 4) is 11.5 Å². The topological polar surface area (TPSA) is 56.2 Å². The summed E-state index contributed by atoms with van der Waals surface area (Å²) in [6.07, 6.45) is 0.799. The summed E-state index contributed by atoms with van der Waals surface area (Å²) >= 11 is 0. The van der Waals surface area contributed by atoms with Gasteiger partial charge in [-0.1, -0.05) is 13.8 Å². The molecule has 1 fully saturated rings. The molecule has 1 saturated heterocycles. The van der Waals surface area contributed by atoms with E-state index >= 15 is 0 Å². The highest BCUT2D eigenvalue weighted by molar-refractivity contribution is 5.39. The lowest BCUT2D eigenvalue weighted by Gasteiger charge is -2.42. The van der Waals surface area contributed by atoms with Crippen LogP contribution in [-0.4, -0.2) is 66.0 Å². The molecule has 1 aliphatic rings. The number of phenols is 1. The van der Waals surface area contributed by atoms with Crippen LogP contribution in [0.5, 0.6) is 11.5 Å². The van der Waals surface area contributed by atoms with Crippen LogP contribution in [0.1, 0.15) is 25.8 Å². The Morgan fingerprint density at radius 3 is 2.74 bits per heavy atom. The Hall–Kier alpha value is -1.30. The molecular weight excluding hydrogens is 292 g/mol. The zero-order valence-electron chi connectivity index (χ0n) is 14.5. The van der Waals surface area contributed by atoms with Crippen LogP contribution >= 0.6 is 0 Å². The van der Waals surface area contributed by atoms with E-state index in [1.165, 1.54) is 0 Å². The molecule has 0 bridgehead atoms. The summed E-state index contributed by atoms with van der Waals surface area (Å²) in [7, 11) is 1.64. The van der Waals surface area contributed by atoms with Crippen molar-refractivity contribution >= 4 is 0 Å². The first-order valence-electron chi connectivity index (χ1n) is 8.46. The van der Waals surface area contributed by atoms with E-state index in [0.29, 0.717) is 24.3 Å². The van der Waals surface area contributed by atoms with Crippen LogP contribution in [0.25, 0.3) is 0 Å². The predicted octanol–water partition coefficient (Wildman–Crippen LogP) is 1.93. The highest BCUT2D eigenvalue weighted by atomic mass is 16.5. The zero-order valence-corrected chi connectivity index (χ0v) is 14.5. The van der Waals surface area contributed by atoms with E-state index in [2.05, 4.69) is 23.6 Å². The normalized spacial score (nSPS) is 20.1. The van der Waals surface area contributed by atoms with Crippen molar-refractivity contribution in [1.82, 2.24) is 9.80 Å². The molecule has 0 spiro atoms. The average molecular weight is 322 g/mol. The zero-order chi connectivity index (χ0) is 16.8. The molecule has 0 aliphatic carbocycles. The average Bonchev–Trinajstić information content (AvgIpc) is 2.52. The van der Waals surface area contributed by atoms with Crippen molar-refractivity contribution in [2.45, 2.75) is 32.9 Å². The van der Waals surface area contributed by atoms with E-state index in [1.54, 1.807) is 19.2 Å². The standard InChI is InChI=1S/C18H30N2O3/c1-14(2)11-20-8-7-19(13-16(20)6-9-21)12-15-10-17(23-3)4-5-18(15)22/h4-5,10,14,16,21-22H,6-9,11-13H2,1-3H3/t16-/m0/s1. The molecule has 1 aliphatic heterocycles. The molecule has 130 valence electrons. The second-order valence-electron chi connectivity index (χ2n) is 6.78. The smallest absolute Gasteiger partial charge is 0.120 e. The van der Waals surface area contributed by atoms with Gasteiger partial charge in [-0.25, -0.2) is 0 Å². The van der Waals surface area contributed by atoms with Crippen LogP contribution in [0.2, 0.25) is 0 Å². The minimum absolute atomic E-state index is 0.220. The van der Waals surface area contributed by atoms with Crippen LogP contribution in [0, 0.1) is 5.92 Å². The first-order valence-corrected chi connectivity index (χ1v) is 8.46. The number of ether oxygens (including phenoxy) is 1. The molecule has 23 heavy (non-hydrogen) atoms. The number of benzene rings is 1. The predicted molar refractivity (Wildman–Crippen MR) is 91.8 cm³/mol. The number of aromatic hydroxyl groups is 1. The van der Waals surface area contributed by atoms with Gasteiger partial charge in [0, 0.05) is 50.9 Å². The van der Waals surface area contributed by atoms with Crippen molar-refractivity contribution < 1.29 is 14.9 Å². The quantitative estimate of drug-likeness (QED) is 0.803. The maximum absolute atomic E-state index is 10.1. The van der Waals surface area contributed by atoms with Crippen molar-refractivity contribution in [3.05, 3.63) is 23.8 Å². The fourth-order valence-corrected chi connectivity index (χ4v) is 3.29. The molecule has 5 nitrogen and oxygen atoms in total. The minimum atomic E-state index is 0.220. The Labute approximate surface area is 139 Å². The van der Waals surface area contributed by atoms with Gasteiger partial charge in [-0.2, -0.15) is 0 Å². The van der Waals surface area contributed by atoms with Gasteiger partial charge in [-0.15, -0.1) is 0 Å². The van der Waals surface area contributed by atoms with Crippen molar-refractivity contribution in [2.24, 2.45) is 5.92 Å². The largest absolute Gasteiger partial charge is 0.508 e. The summed E-state index contributed by atoms with van der Waals surface area (Å²) < 4.78 is 5.25. The van der Waals surface area contributed by atoms with Crippen molar-refractivity contribution in [2.75, 3.05) is 39.9 Å². The summed E-state index contributed by atoms with van der Waals surface area (Å²) in [6, 6.07) is 5.74. The molecule has 1 aromatic rings. The van der Waals surface area contributed by atoms with E-state index in [9.17, 15) is 10.2 Å². The number of hydrogen-bond acceptors (Lipinski definition) is 5. The maximum Gasteiger partial charge on any atom is 0.120 e. The Bertz CT molecular complexity index is 493. The number of aliphatic hydroxyl groups is 1. The Morgan fingerprint density at radius 1 is 1.30 bits per heavy atom. The molecule has 0 unspecified atom stereocenters. The lowest BCUT2D eigenvalue weighted by molar-refractivity contribution is 0.0473. The Balaban J connectivity index is 2.02. The van der Waals surface area contributed by atoms with Gasteiger partial charge in [0.25, 0.3) is 0 Å². The molecule has 0 radical (unpaired) electrons.